The molecule has 0 saturated carbocycles. The molecule has 0 aromatic heterocycles. The monoisotopic (exact) mass is 234 g/mol. The van der Waals surface area contributed by atoms with Crippen LogP contribution in [0.5, 0.6) is 0 Å². The molecule has 0 bridgehead atoms. The number of hydrogen-bond donors (Lipinski definition) is 2. The van der Waals surface area contributed by atoms with E-state index in [2.05, 4.69) is 43.4 Å². The van der Waals surface area contributed by atoms with E-state index in [1.807, 2.05) is 0 Å². The van der Waals surface area contributed by atoms with Crippen molar-refractivity contribution in [2.75, 3.05) is 6.54 Å². The van der Waals surface area contributed by atoms with Gasteiger partial charge in [-0.2, -0.15) is 0 Å². The van der Waals surface area contributed by atoms with Crippen LogP contribution >= 0.6 is 0 Å². The molecule has 96 valence electrons. The van der Waals surface area contributed by atoms with E-state index in [0.29, 0.717) is 6.04 Å². The summed E-state index contributed by atoms with van der Waals surface area (Å²) >= 11 is 0. The topological polar surface area (TPSA) is 38.0 Å². The van der Waals surface area contributed by atoms with Crippen LogP contribution in [-0.2, 0) is 13.0 Å². The van der Waals surface area contributed by atoms with Crippen molar-refractivity contribution in [3.05, 3.63) is 35.4 Å². The van der Waals surface area contributed by atoms with E-state index in [4.69, 9.17) is 5.73 Å². The molecule has 0 heterocycles. The number of nitrogens with two attached hydrogens (primary N) is 1. The Morgan fingerprint density at radius 3 is 2.59 bits per heavy atom. The zero-order valence-electron chi connectivity index (χ0n) is 11.2. The molecule has 0 saturated heterocycles. The van der Waals surface area contributed by atoms with Crippen LogP contribution in [-0.4, -0.2) is 12.6 Å². The van der Waals surface area contributed by atoms with Crippen molar-refractivity contribution in [1.82, 2.24) is 5.32 Å². The zero-order valence-corrected chi connectivity index (χ0v) is 11.2. The van der Waals surface area contributed by atoms with Crippen molar-refractivity contribution in [2.24, 2.45) is 5.73 Å². The van der Waals surface area contributed by atoms with Gasteiger partial charge in [0.05, 0.1) is 0 Å². The molecule has 0 aliphatic rings. The number of nitrogens with one attached hydrogen (secondary N) is 1. The van der Waals surface area contributed by atoms with Crippen LogP contribution < -0.4 is 11.1 Å². The van der Waals surface area contributed by atoms with Crippen LogP contribution in [0, 0.1) is 0 Å². The third kappa shape index (κ3) is 5.33. The Balaban J connectivity index is 2.44. The predicted molar refractivity (Wildman–Crippen MR) is 75.0 cm³/mol. The van der Waals surface area contributed by atoms with Gasteiger partial charge in [-0.25, -0.2) is 0 Å². The SMILES string of the molecule is CCCCC(C)NCc1ccccc1CCN. The largest absolute Gasteiger partial charge is 0.330 e. The quantitative estimate of drug-likeness (QED) is 0.726. The van der Waals surface area contributed by atoms with E-state index in [1.54, 1.807) is 0 Å². The molecule has 1 aromatic carbocycles. The van der Waals surface area contributed by atoms with Crippen molar-refractivity contribution < 1.29 is 0 Å². The van der Waals surface area contributed by atoms with Crippen LogP contribution in [0.2, 0.25) is 0 Å². The fourth-order valence-corrected chi connectivity index (χ4v) is 2.03. The lowest BCUT2D eigenvalue weighted by Crippen LogP contribution is -2.26. The van der Waals surface area contributed by atoms with E-state index >= 15 is 0 Å². The molecular weight excluding hydrogens is 208 g/mol. The summed E-state index contributed by atoms with van der Waals surface area (Å²) in [6.07, 6.45) is 4.81. The first-order valence-electron chi connectivity index (χ1n) is 6.78. The molecule has 0 amide bonds. The van der Waals surface area contributed by atoms with Gasteiger partial charge in [-0.05, 0) is 37.4 Å². The fourth-order valence-electron chi connectivity index (χ4n) is 2.03. The van der Waals surface area contributed by atoms with Gasteiger partial charge in [0.1, 0.15) is 0 Å². The Hall–Kier alpha value is -0.860. The average Bonchev–Trinajstić information content (AvgIpc) is 2.35. The second-order valence-corrected chi connectivity index (χ2v) is 4.73. The van der Waals surface area contributed by atoms with E-state index in [-0.39, 0.29) is 0 Å². The number of benzene rings is 1. The summed E-state index contributed by atoms with van der Waals surface area (Å²) in [7, 11) is 0. The Bertz CT molecular complexity index is 310. The van der Waals surface area contributed by atoms with Gasteiger partial charge in [0.2, 0.25) is 0 Å². The Morgan fingerprint density at radius 1 is 1.24 bits per heavy atom. The fraction of sp³-hybridized carbons (Fsp3) is 0.600. The molecule has 0 radical (unpaired) electrons. The van der Waals surface area contributed by atoms with Crippen LogP contribution in [0.4, 0.5) is 0 Å². The molecule has 2 nitrogen and oxygen atoms in total. The number of hydrogen-bond acceptors (Lipinski definition) is 2. The lowest BCUT2D eigenvalue weighted by molar-refractivity contribution is 0.494. The van der Waals surface area contributed by atoms with E-state index < -0.39 is 0 Å². The van der Waals surface area contributed by atoms with Gasteiger partial charge in [0.15, 0.2) is 0 Å². The first-order chi connectivity index (χ1) is 8.27. The standard InChI is InChI=1S/C15H26N2/c1-3-4-7-13(2)17-12-15-9-6-5-8-14(15)10-11-16/h5-6,8-9,13,17H,3-4,7,10-12,16H2,1-2H3. The molecule has 1 rings (SSSR count). The molecule has 0 spiro atoms. The molecule has 3 N–H and O–H groups in total. The molecule has 1 unspecified atom stereocenters. The van der Waals surface area contributed by atoms with Gasteiger partial charge in [-0.15, -0.1) is 0 Å². The summed E-state index contributed by atoms with van der Waals surface area (Å²) in [6.45, 7) is 6.19. The maximum atomic E-state index is 5.63. The maximum absolute atomic E-state index is 5.63. The van der Waals surface area contributed by atoms with Crippen molar-refractivity contribution in [1.29, 1.82) is 0 Å². The van der Waals surface area contributed by atoms with Crippen molar-refractivity contribution in [2.45, 2.75) is 52.1 Å². The minimum atomic E-state index is 0.598. The van der Waals surface area contributed by atoms with E-state index in [0.717, 1.165) is 19.5 Å². The van der Waals surface area contributed by atoms with E-state index in [9.17, 15) is 0 Å². The predicted octanol–water partition coefficient (Wildman–Crippen LogP) is 2.86. The summed E-state index contributed by atoms with van der Waals surface area (Å²) in [5, 5.41) is 3.59. The molecule has 0 fully saturated rings. The minimum Gasteiger partial charge on any atom is -0.330 e. The normalized spacial score (nSPS) is 12.6. The maximum Gasteiger partial charge on any atom is 0.0210 e. The lowest BCUT2D eigenvalue weighted by atomic mass is 10.0. The summed E-state index contributed by atoms with van der Waals surface area (Å²) in [5.74, 6) is 0. The van der Waals surface area contributed by atoms with E-state index in [1.165, 1.54) is 30.4 Å². The molecule has 17 heavy (non-hydrogen) atoms. The molecule has 2 heteroatoms. The van der Waals surface area contributed by atoms with Crippen LogP contribution in [0.3, 0.4) is 0 Å². The Kier molecular flexibility index (Phi) is 6.90. The second kappa shape index (κ2) is 8.26. The van der Waals surface area contributed by atoms with Gasteiger partial charge in [0, 0.05) is 12.6 Å². The summed E-state index contributed by atoms with van der Waals surface area (Å²) in [6, 6.07) is 9.18. The first kappa shape index (κ1) is 14.2. The first-order valence-corrected chi connectivity index (χ1v) is 6.78. The van der Waals surface area contributed by atoms with Crippen LogP contribution in [0.25, 0.3) is 0 Å². The molecule has 0 aliphatic heterocycles. The number of rotatable bonds is 8. The summed E-state index contributed by atoms with van der Waals surface area (Å²) in [5.41, 5.74) is 8.40. The summed E-state index contributed by atoms with van der Waals surface area (Å²) < 4.78 is 0. The molecule has 1 aromatic rings. The third-order valence-electron chi connectivity index (χ3n) is 3.16. The van der Waals surface area contributed by atoms with Gasteiger partial charge >= 0.3 is 0 Å². The number of unbranched alkanes of at least 4 members (excludes halogenated alkanes) is 1. The van der Waals surface area contributed by atoms with Gasteiger partial charge < -0.3 is 11.1 Å². The Morgan fingerprint density at radius 2 is 1.94 bits per heavy atom. The average molecular weight is 234 g/mol. The minimum absolute atomic E-state index is 0.598. The lowest BCUT2D eigenvalue weighted by Gasteiger charge is -2.15. The smallest absolute Gasteiger partial charge is 0.0210 e. The highest BCUT2D eigenvalue weighted by atomic mass is 14.9. The molecule has 1 atom stereocenters. The molecular formula is C15H26N2. The highest BCUT2D eigenvalue weighted by molar-refractivity contribution is 5.27. The zero-order chi connectivity index (χ0) is 12.5. The van der Waals surface area contributed by atoms with Crippen molar-refractivity contribution >= 4 is 0 Å². The highest BCUT2D eigenvalue weighted by Crippen LogP contribution is 2.10. The Labute approximate surface area is 106 Å². The molecule has 0 aliphatic carbocycles. The third-order valence-corrected chi connectivity index (χ3v) is 3.16. The van der Waals surface area contributed by atoms with Crippen LogP contribution in [0.15, 0.2) is 24.3 Å². The van der Waals surface area contributed by atoms with Crippen molar-refractivity contribution in [3.63, 3.8) is 0 Å². The van der Waals surface area contributed by atoms with Gasteiger partial charge in [-0.1, -0.05) is 44.0 Å². The van der Waals surface area contributed by atoms with Gasteiger partial charge in [0.25, 0.3) is 0 Å². The van der Waals surface area contributed by atoms with Gasteiger partial charge in [-0.3, -0.25) is 0 Å². The second-order valence-electron chi connectivity index (χ2n) is 4.73. The summed E-state index contributed by atoms with van der Waals surface area (Å²) in [4.78, 5) is 0. The van der Waals surface area contributed by atoms with Crippen molar-refractivity contribution in [3.8, 4) is 0 Å². The highest BCUT2D eigenvalue weighted by Gasteiger charge is 2.04. The van der Waals surface area contributed by atoms with Crippen LogP contribution in [0.1, 0.15) is 44.2 Å².